The van der Waals surface area contributed by atoms with Gasteiger partial charge in [-0.3, -0.25) is 57.5 Å². The van der Waals surface area contributed by atoms with Gasteiger partial charge in [0.15, 0.2) is 18.9 Å². The second-order valence-corrected chi connectivity index (χ2v) is 37.7. The number of hydrogen-bond donors (Lipinski definition) is 6. The zero-order valence-electron chi connectivity index (χ0n) is 88.1. The predicted octanol–water partition coefficient (Wildman–Crippen LogP) is 12.5. The molecular formula is C109H163N4O32-. The molecule has 3 heterocycles. The Morgan fingerprint density at radius 2 is 0.759 bits per heavy atom. The number of nitrogens with one attached hydrogen (secondary N) is 4. The van der Waals surface area contributed by atoms with Gasteiger partial charge < -0.3 is 117 Å². The number of unbranched alkanes of at least 4 members (excludes halogenated alkanes) is 5. The van der Waals surface area contributed by atoms with Gasteiger partial charge in [-0.2, -0.15) is 0 Å². The molecule has 6 N–H and O–H groups in total. The van der Waals surface area contributed by atoms with E-state index < -0.39 is 66.4 Å². The highest BCUT2D eigenvalue weighted by Gasteiger charge is 2.47. The van der Waals surface area contributed by atoms with Gasteiger partial charge in [0.25, 0.3) is 0 Å². The number of carboxylic acids is 1. The molecule has 3 fully saturated rings. The Bertz CT molecular complexity index is 4390. The van der Waals surface area contributed by atoms with Crippen LogP contribution in [0.3, 0.4) is 0 Å². The van der Waals surface area contributed by atoms with Gasteiger partial charge in [0.2, 0.25) is 23.6 Å². The monoisotopic (exact) mass is 2040 g/mol. The summed E-state index contributed by atoms with van der Waals surface area (Å²) in [6.45, 7) is 26.5. The molecule has 4 aromatic rings. The van der Waals surface area contributed by atoms with Crippen molar-refractivity contribution in [2.75, 3.05) is 112 Å². The van der Waals surface area contributed by atoms with Crippen LogP contribution in [0.4, 0.5) is 5.69 Å². The highest BCUT2D eigenvalue weighted by molar-refractivity contribution is 5.91. The Morgan fingerprint density at radius 1 is 0.386 bits per heavy atom. The molecule has 0 radical (unpaired) electrons. The van der Waals surface area contributed by atoms with E-state index in [1.165, 1.54) is 41.5 Å². The molecule has 145 heavy (non-hydrogen) atoms. The molecular weight excluding hydrogens is 1880 g/mol. The summed E-state index contributed by atoms with van der Waals surface area (Å²) in [4.78, 5) is 159. The highest BCUT2D eigenvalue weighted by Crippen LogP contribution is 2.45. The molecule has 4 amide bonds. The fourth-order valence-electron chi connectivity index (χ4n) is 17.8. The van der Waals surface area contributed by atoms with E-state index in [2.05, 4.69) is 21.3 Å². The third kappa shape index (κ3) is 46.9. The smallest absolute Gasteiger partial charge is 0.306 e. The summed E-state index contributed by atoms with van der Waals surface area (Å²) < 4.78 is 90.7. The summed E-state index contributed by atoms with van der Waals surface area (Å²) in [6.07, 6.45) is 6.51. The number of aliphatic hydroxyl groups excluding tert-OH is 2. The van der Waals surface area contributed by atoms with Crippen LogP contribution in [-0.4, -0.2) is 249 Å². The summed E-state index contributed by atoms with van der Waals surface area (Å²) >= 11 is 0. The average molecular weight is 2040 g/mol. The van der Waals surface area contributed by atoms with Crippen LogP contribution in [0.2, 0.25) is 0 Å². The van der Waals surface area contributed by atoms with Crippen molar-refractivity contribution < 1.29 is 153 Å². The minimum atomic E-state index is -1.37. The molecule has 15 unspecified atom stereocenters. The van der Waals surface area contributed by atoms with Crippen LogP contribution in [0.25, 0.3) is 0 Å². The minimum Gasteiger partial charge on any atom is -0.550 e. The van der Waals surface area contributed by atoms with Crippen LogP contribution in [-0.2, 0) is 147 Å². The van der Waals surface area contributed by atoms with E-state index in [1.54, 1.807) is 20.3 Å². The van der Waals surface area contributed by atoms with E-state index in [4.69, 9.17) is 86.0 Å². The van der Waals surface area contributed by atoms with Gasteiger partial charge >= 0.3 is 23.9 Å². The number of rotatable bonds is 67. The molecule has 0 spiro atoms. The van der Waals surface area contributed by atoms with E-state index in [0.717, 1.165) is 42.4 Å². The molecule has 0 aromatic heterocycles. The van der Waals surface area contributed by atoms with E-state index >= 15 is 0 Å². The number of anilines is 1. The van der Waals surface area contributed by atoms with Crippen molar-refractivity contribution in [1.29, 1.82) is 0 Å². The molecule has 3 aliphatic heterocycles. The SMILES string of the molecule is CC(=O)NC1C(OCCO)OC(COC(C)=O)C(C)C1C.CC(=O)NC1C(OCCO)OC(COC(C)=O)C(C)C1C.CCCC(=O)CCC(CCC(=O)CCC)(CCC(=O)CCCOCCOCCOCCOC1OC(COC(C)=O)C(C)C(C)C1NC(C)=O)CC(=O)CCCCCCCCC(=O)Nc1cc(COC(=O)CCC(=O)[O-])cc(COC(c2ccccc2)(c2ccc(OC)cc2)c2ccc(OC)cc2)c1. The molecule has 15 atom stereocenters. The van der Waals surface area contributed by atoms with Crippen LogP contribution in [0.15, 0.2) is 97.1 Å². The number of carboxylic acid groups (broad SMARTS) is 1. The number of methoxy groups -OCH3 is 2. The number of ketones is 4. The number of benzene rings is 4. The van der Waals surface area contributed by atoms with Crippen LogP contribution in [0, 0.1) is 40.9 Å². The fourth-order valence-corrected chi connectivity index (χ4v) is 17.8. The second-order valence-electron chi connectivity index (χ2n) is 37.7. The predicted molar refractivity (Wildman–Crippen MR) is 535 cm³/mol. The summed E-state index contributed by atoms with van der Waals surface area (Å²) in [6, 6.07) is 29.4. The molecule has 0 bridgehead atoms. The number of esters is 4. The number of hydrogen-bond acceptors (Lipinski definition) is 32. The van der Waals surface area contributed by atoms with Crippen LogP contribution in [0.1, 0.15) is 272 Å². The Hall–Kier alpha value is -10.1. The number of carbonyl (C=O) groups excluding carboxylic acids is 13. The molecule has 0 saturated carbocycles. The maximum Gasteiger partial charge on any atom is 0.306 e. The maximum absolute atomic E-state index is 14.0. The second kappa shape index (κ2) is 69.2. The van der Waals surface area contributed by atoms with E-state index in [1.807, 2.05) is 146 Å². The van der Waals surface area contributed by atoms with Crippen molar-refractivity contribution in [3.8, 4) is 11.5 Å². The third-order valence-electron chi connectivity index (χ3n) is 26.4. The van der Waals surface area contributed by atoms with Crippen LogP contribution in [0.5, 0.6) is 11.5 Å². The quantitative estimate of drug-likeness (QED) is 0.0103. The van der Waals surface area contributed by atoms with Crippen molar-refractivity contribution in [2.45, 2.75) is 319 Å². The number of aliphatic carboxylic acids is 1. The van der Waals surface area contributed by atoms with Crippen LogP contribution >= 0.6 is 0 Å². The third-order valence-corrected chi connectivity index (χ3v) is 26.4. The molecule has 0 aliphatic carbocycles. The van der Waals surface area contributed by atoms with E-state index in [-0.39, 0.29) is 236 Å². The summed E-state index contributed by atoms with van der Waals surface area (Å²) in [5.74, 6) is -2.02. The number of ether oxygens (including phenoxy) is 16. The van der Waals surface area contributed by atoms with Gasteiger partial charge in [-0.05, 0) is 169 Å². The van der Waals surface area contributed by atoms with E-state index in [9.17, 15) is 67.4 Å². The summed E-state index contributed by atoms with van der Waals surface area (Å²) in [5, 5.41) is 40.5. The topological polar surface area (TPSA) is 481 Å². The number of carbonyl (C=O) groups is 13. The molecule has 3 aliphatic rings. The highest BCUT2D eigenvalue weighted by atomic mass is 16.7. The fraction of sp³-hybridized carbons (Fsp3) is 0.661. The van der Waals surface area contributed by atoms with Crippen molar-refractivity contribution in [2.24, 2.45) is 40.9 Å². The first-order valence-electron chi connectivity index (χ1n) is 51.2. The molecule has 812 valence electrons. The standard InChI is InChI=1S/C81H114N2O20.2C14H25NO6/c1-9-21-68(86)38-41-80(42-39-69(87)22-10-2,43-40-70(88)26-20-44-96-45-46-97-47-48-98-49-50-99-79-78(82-60(5)84)59(4)58(3)74(103-79)57-100-61(6)85)54-71(89)25-18-13-11-12-14-19-27-75(90)83-67-52-62(55-101-77(93)37-36-76(91)92)51-63(53-67)56-102-81(64-23-16-15-17-24-64,65-28-32-72(94-7)33-29-65)66-30-34-73(95-8)35-31-66;2*1-8-9(2)13(15-10(3)17)14(19-6-5-16)21-12(8)7-20-11(4)18/h15-17,23-24,28-35,51-53,58-59,74,78-79H,9-14,18-22,25-27,36-50,54-57H2,1-8H3,(H,82,84)(H,83,90)(H,91,92);2*8-9,12-14,16H,5-7H2,1-4H3,(H,15,17)/p-1. The average Bonchev–Trinajstić information content (AvgIpc) is 0.749. The summed E-state index contributed by atoms with van der Waals surface area (Å²) in [7, 11) is 3.20. The first kappa shape index (κ1) is 125. The summed E-state index contributed by atoms with van der Waals surface area (Å²) in [5.41, 5.74) is 2.30. The van der Waals surface area contributed by atoms with Gasteiger partial charge in [-0.1, -0.05) is 136 Å². The zero-order valence-corrected chi connectivity index (χ0v) is 88.1. The van der Waals surface area contributed by atoms with Gasteiger partial charge in [0.05, 0.1) is 130 Å². The Morgan fingerprint density at radius 3 is 1.15 bits per heavy atom. The molecule has 4 aromatic carbocycles. The lowest BCUT2D eigenvalue weighted by Crippen LogP contribution is -2.58. The van der Waals surface area contributed by atoms with Crippen molar-refractivity contribution in [1.82, 2.24) is 16.0 Å². The minimum absolute atomic E-state index is 0.00370. The number of amides is 4. The van der Waals surface area contributed by atoms with Crippen molar-refractivity contribution in [3.05, 3.63) is 125 Å². The maximum atomic E-state index is 14.0. The van der Waals surface area contributed by atoms with Crippen molar-refractivity contribution >= 4 is 82.3 Å². The van der Waals surface area contributed by atoms with Gasteiger partial charge in [-0.25, -0.2) is 0 Å². The lowest BCUT2D eigenvalue weighted by atomic mass is 9.70. The van der Waals surface area contributed by atoms with E-state index in [0.29, 0.717) is 132 Å². The molecule has 3 saturated heterocycles. The zero-order chi connectivity index (χ0) is 107. The van der Waals surface area contributed by atoms with Gasteiger partial charge in [0.1, 0.15) is 66.7 Å². The lowest BCUT2D eigenvalue weighted by Gasteiger charge is -2.44. The Balaban J connectivity index is 0.000000717. The normalized spacial score (nSPS) is 20.7. The number of aliphatic hydroxyl groups is 2. The number of Topliss-reactive ketones (excluding diaryl/α,β-unsaturated/α-hetero) is 4. The largest absolute Gasteiger partial charge is 0.550 e. The first-order chi connectivity index (χ1) is 69.3. The molecule has 36 heteroatoms. The Kier molecular flexibility index (Phi) is 59.8. The first-order valence-corrected chi connectivity index (χ1v) is 51.2. The van der Waals surface area contributed by atoms with Gasteiger partial charge in [-0.15, -0.1) is 0 Å². The van der Waals surface area contributed by atoms with Crippen molar-refractivity contribution in [3.63, 3.8) is 0 Å². The van der Waals surface area contributed by atoms with Crippen LogP contribution < -0.4 is 35.8 Å². The van der Waals surface area contributed by atoms with Gasteiger partial charge in [0, 0.05) is 118 Å². The lowest BCUT2D eigenvalue weighted by molar-refractivity contribution is -0.305. The molecule has 36 nitrogen and oxygen atoms in total. The molecule has 7 rings (SSSR count). The Labute approximate surface area is 855 Å².